The molecule has 0 spiro atoms. The molecule has 0 aromatic heterocycles. The largest absolute Gasteiger partial charge is 0.107 e. The second-order valence-corrected chi connectivity index (χ2v) is 5.14. The molecule has 0 saturated heterocycles. The fourth-order valence-electron chi connectivity index (χ4n) is 0.398. The second-order valence-electron chi connectivity index (χ2n) is 3.18. The molecule has 0 saturated carbocycles. The van der Waals surface area contributed by atoms with E-state index in [2.05, 4.69) is 27.7 Å². The Hall–Kier alpha value is 1.47. The molecule has 69 valence electrons. The van der Waals surface area contributed by atoms with E-state index in [9.17, 15) is 0 Å². The van der Waals surface area contributed by atoms with Gasteiger partial charge in [-0.25, -0.2) is 0 Å². The van der Waals surface area contributed by atoms with Gasteiger partial charge in [0.1, 0.15) is 0 Å². The van der Waals surface area contributed by atoms with E-state index in [1.807, 2.05) is 0 Å². The maximum Gasteiger partial charge on any atom is -0.107 e. The summed E-state index contributed by atoms with van der Waals surface area (Å²) in [6.07, 6.45) is 0. The SMILES string of the molecule is CC(C)[CH2][Ag][CH2]C(C)C.I. The third-order valence-corrected chi connectivity index (χ3v) is 3.94. The minimum Gasteiger partial charge on any atom is -0.107 e. The van der Waals surface area contributed by atoms with Crippen LogP contribution in [0.5, 0.6) is 0 Å². The van der Waals surface area contributed by atoms with Crippen LogP contribution in [0.3, 0.4) is 0 Å². The van der Waals surface area contributed by atoms with Crippen molar-refractivity contribution in [1.29, 1.82) is 0 Å². The molecule has 0 aliphatic heterocycles. The van der Waals surface area contributed by atoms with Gasteiger partial charge in [0.2, 0.25) is 0 Å². The van der Waals surface area contributed by atoms with Crippen LogP contribution in [0.1, 0.15) is 27.7 Å². The first-order valence-electron chi connectivity index (χ1n) is 3.55. The van der Waals surface area contributed by atoms with Crippen LogP contribution in [-0.4, -0.2) is 0 Å². The molecule has 0 aromatic carbocycles. The normalized spacial score (nSPS) is 10.6. The predicted molar refractivity (Wildman–Crippen MR) is 54.7 cm³/mol. The van der Waals surface area contributed by atoms with Crippen LogP contribution in [-0.2, 0) is 19.8 Å². The molecule has 0 rings (SSSR count). The maximum absolute atomic E-state index is 2.30. The van der Waals surface area contributed by atoms with Gasteiger partial charge in [0.05, 0.1) is 0 Å². The van der Waals surface area contributed by atoms with E-state index in [1.54, 1.807) is 0 Å². The van der Waals surface area contributed by atoms with E-state index in [1.165, 1.54) is 29.0 Å². The minimum atomic E-state index is 0. The summed E-state index contributed by atoms with van der Waals surface area (Å²) >= 11 is 1.18. The zero-order chi connectivity index (χ0) is 7.28. The van der Waals surface area contributed by atoms with Crippen LogP contribution in [0.25, 0.3) is 0 Å². The Morgan fingerprint density at radius 3 is 1.40 bits per heavy atom. The number of halogens is 1. The Kier molecular flexibility index (Phi) is 12.0. The van der Waals surface area contributed by atoms with Crippen molar-refractivity contribution < 1.29 is 19.8 Å². The van der Waals surface area contributed by atoms with Crippen molar-refractivity contribution in [2.75, 3.05) is 0 Å². The third-order valence-electron chi connectivity index (χ3n) is 0.666. The van der Waals surface area contributed by atoms with E-state index in [-0.39, 0.29) is 24.0 Å². The van der Waals surface area contributed by atoms with Crippen LogP contribution in [0.15, 0.2) is 0 Å². The molecule has 0 amide bonds. The van der Waals surface area contributed by atoms with E-state index in [4.69, 9.17) is 0 Å². The molecule has 0 nitrogen and oxygen atoms in total. The van der Waals surface area contributed by atoms with Gasteiger partial charge in [0, 0.05) is 0 Å². The summed E-state index contributed by atoms with van der Waals surface area (Å²) in [7, 11) is 0. The zero-order valence-electron chi connectivity index (χ0n) is 7.28. The predicted octanol–water partition coefficient (Wildman–Crippen LogP) is 3.84. The van der Waals surface area contributed by atoms with Gasteiger partial charge in [-0.3, -0.25) is 0 Å². The maximum atomic E-state index is 2.30. The van der Waals surface area contributed by atoms with Crippen LogP contribution >= 0.6 is 24.0 Å². The Balaban J connectivity index is 0. The van der Waals surface area contributed by atoms with Gasteiger partial charge < -0.3 is 0 Å². The average Bonchev–Trinajstić information content (AvgIpc) is 1.63. The molecule has 0 aliphatic carbocycles. The third kappa shape index (κ3) is 12.2. The summed E-state index contributed by atoms with van der Waals surface area (Å²) in [5.74, 6) is 1.81. The van der Waals surface area contributed by atoms with Crippen molar-refractivity contribution in [1.82, 2.24) is 0 Å². The first-order valence-corrected chi connectivity index (χ1v) is 5.65. The molecule has 0 unspecified atom stereocenters. The molecular weight excluding hydrogens is 331 g/mol. The van der Waals surface area contributed by atoms with E-state index in [0.717, 1.165) is 11.8 Å². The Bertz CT molecular complexity index is 54.3. The van der Waals surface area contributed by atoms with Crippen molar-refractivity contribution in [2.45, 2.75) is 37.0 Å². The first kappa shape index (κ1) is 14.0. The van der Waals surface area contributed by atoms with Crippen molar-refractivity contribution in [3.05, 3.63) is 0 Å². The molecule has 0 atom stereocenters. The molecule has 10 heavy (non-hydrogen) atoms. The summed E-state index contributed by atoms with van der Waals surface area (Å²) < 4.78 is 2.86. The van der Waals surface area contributed by atoms with E-state index >= 15 is 0 Å². The zero-order valence-corrected chi connectivity index (χ0v) is 11.1. The van der Waals surface area contributed by atoms with Gasteiger partial charge in [-0.15, -0.1) is 24.0 Å². The van der Waals surface area contributed by atoms with Gasteiger partial charge >= 0.3 is 68.6 Å². The standard InChI is InChI=1S/2C4H9.Ag.HI/c2*1-4(2)3;;/h2*4H,1H2,2-3H3;;1H. The monoisotopic (exact) mass is 349 g/mol. The van der Waals surface area contributed by atoms with E-state index in [0.29, 0.717) is 0 Å². The van der Waals surface area contributed by atoms with Crippen LogP contribution in [0, 0.1) is 11.8 Å². The Morgan fingerprint density at radius 2 is 1.20 bits per heavy atom. The summed E-state index contributed by atoms with van der Waals surface area (Å²) in [6, 6.07) is 0. The summed E-state index contributed by atoms with van der Waals surface area (Å²) in [5, 5.41) is 0. The van der Waals surface area contributed by atoms with Crippen LogP contribution in [0.4, 0.5) is 0 Å². The Labute approximate surface area is 91.9 Å². The molecular formula is C8H19AgI. The van der Waals surface area contributed by atoms with Gasteiger partial charge in [-0.2, -0.15) is 0 Å². The number of hydrogen-bond acceptors (Lipinski definition) is 0. The van der Waals surface area contributed by atoms with E-state index < -0.39 is 0 Å². The summed E-state index contributed by atoms with van der Waals surface area (Å²) in [5.41, 5.74) is 0. The number of hydrogen-bond donors (Lipinski definition) is 0. The average molecular weight is 350 g/mol. The van der Waals surface area contributed by atoms with Crippen molar-refractivity contribution in [2.24, 2.45) is 11.8 Å². The molecule has 2 heteroatoms. The smallest absolute Gasteiger partial charge is 0.107 e. The first-order chi connectivity index (χ1) is 4.13. The Morgan fingerprint density at radius 1 is 0.900 bits per heavy atom. The molecule has 0 aromatic rings. The molecule has 0 aliphatic rings. The van der Waals surface area contributed by atoms with Gasteiger partial charge in [-0.1, -0.05) is 0 Å². The molecule has 0 bridgehead atoms. The van der Waals surface area contributed by atoms with Gasteiger partial charge in [0.15, 0.2) is 0 Å². The number of rotatable bonds is 4. The molecule has 0 N–H and O–H groups in total. The van der Waals surface area contributed by atoms with Crippen molar-refractivity contribution in [3.63, 3.8) is 0 Å². The molecule has 0 heterocycles. The van der Waals surface area contributed by atoms with Gasteiger partial charge in [-0.05, 0) is 0 Å². The minimum absolute atomic E-state index is 0. The quantitative estimate of drug-likeness (QED) is 0.534. The van der Waals surface area contributed by atoms with Crippen molar-refractivity contribution >= 4 is 24.0 Å². The second kappa shape index (κ2) is 8.57. The summed E-state index contributed by atoms with van der Waals surface area (Å²) in [6.45, 7) is 9.20. The van der Waals surface area contributed by atoms with Gasteiger partial charge in [0.25, 0.3) is 0 Å². The summed E-state index contributed by atoms with van der Waals surface area (Å²) in [4.78, 5) is 0. The van der Waals surface area contributed by atoms with Crippen molar-refractivity contribution in [3.8, 4) is 0 Å². The molecule has 0 radical (unpaired) electrons. The van der Waals surface area contributed by atoms with Crippen LogP contribution in [0.2, 0.25) is 9.28 Å². The van der Waals surface area contributed by atoms with Crippen LogP contribution < -0.4 is 0 Å². The topological polar surface area (TPSA) is 0 Å². The fraction of sp³-hybridized carbons (Fsp3) is 1.00. The molecule has 0 fully saturated rings. The fourth-order valence-corrected chi connectivity index (χ4v) is 2.36.